The lowest BCUT2D eigenvalue weighted by molar-refractivity contribution is -0.161. The Hall–Kier alpha value is -0.653. The van der Waals surface area contributed by atoms with Crippen LogP contribution in [0.4, 0.5) is 0 Å². The van der Waals surface area contributed by atoms with E-state index in [2.05, 4.69) is 13.5 Å². The molecule has 4 nitrogen and oxygen atoms in total. The molecule has 0 aromatic heterocycles. The topological polar surface area (TPSA) is 44.8 Å². The highest BCUT2D eigenvalue weighted by Gasteiger charge is 2.33. The van der Waals surface area contributed by atoms with Crippen LogP contribution in [0, 0.1) is 0 Å². The summed E-state index contributed by atoms with van der Waals surface area (Å²) in [6.45, 7) is 12.0. The van der Waals surface area contributed by atoms with Crippen LogP contribution in [0.1, 0.15) is 33.6 Å². The monoisotopic (exact) mass is 260 g/mol. The van der Waals surface area contributed by atoms with E-state index in [-0.39, 0.29) is 0 Å². The lowest BCUT2D eigenvalue weighted by Gasteiger charge is -2.29. The average Bonchev–Trinajstić information content (AvgIpc) is 2.35. The van der Waals surface area contributed by atoms with E-state index in [9.17, 15) is 4.79 Å². The molecule has 17 heavy (non-hydrogen) atoms. The maximum absolute atomic E-state index is 11.1. The van der Waals surface area contributed by atoms with Crippen LogP contribution in [0.25, 0.3) is 0 Å². The highest BCUT2D eigenvalue weighted by atomic mass is 28.4. The number of carbonyl (C=O) groups excluding carboxylic acids is 1. The molecule has 0 aliphatic rings. The van der Waals surface area contributed by atoms with Gasteiger partial charge in [0.2, 0.25) is 0 Å². The van der Waals surface area contributed by atoms with Crippen LogP contribution >= 0.6 is 0 Å². The van der Waals surface area contributed by atoms with Crippen molar-refractivity contribution in [2.45, 2.75) is 52.5 Å². The molecule has 0 radical (unpaired) electrons. The van der Waals surface area contributed by atoms with Gasteiger partial charge in [0, 0.05) is 19.1 Å². The fourth-order valence-corrected chi connectivity index (χ4v) is 3.03. The van der Waals surface area contributed by atoms with Gasteiger partial charge in [-0.15, -0.1) is 0 Å². The fraction of sp³-hybridized carbons (Fsp3) is 0.750. The van der Waals surface area contributed by atoms with Crippen LogP contribution in [0.5, 0.6) is 0 Å². The van der Waals surface area contributed by atoms with Gasteiger partial charge in [-0.05, 0) is 19.0 Å². The number of rotatable bonds is 9. The van der Waals surface area contributed by atoms with Crippen LogP contribution in [-0.4, -0.2) is 27.4 Å². The molecule has 0 heterocycles. The summed E-state index contributed by atoms with van der Waals surface area (Å²) in [5, 5.41) is 0. The Morgan fingerprint density at radius 3 is 2.47 bits per heavy atom. The summed E-state index contributed by atoms with van der Waals surface area (Å²) >= 11 is 0. The van der Waals surface area contributed by atoms with E-state index in [1.165, 1.54) is 0 Å². The Bertz CT molecular complexity index is 245. The molecule has 0 amide bonds. The first kappa shape index (κ1) is 16.3. The lowest BCUT2D eigenvalue weighted by Crippen LogP contribution is -2.42. The molecule has 0 aromatic rings. The second kappa shape index (κ2) is 8.44. The van der Waals surface area contributed by atoms with Crippen LogP contribution in [0.2, 0.25) is 12.6 Å². The SMILES string of the molecule is C=CC(=O)OC(CC)O[Si](C)(CC)OCCC. The van der Waals surface area contributed by atoms with E-state index in [4.69, 9.17) is 13.6 Å². The van der Waals surface area contributed by atoms with Crippen molar-refractivity contribution in [2.75, 3.05) is 6.61 Å². The van der Waals surface area contributed by atoms with Gasteiger partial charge in [0.05, 0.1) is 0 Å². The van der Waals surface area contributed by atoms with Crippen molar-refractivity contribution in [3.63, 3.8) is 0 Å². The summed E-state index contributed by atoms with van der Waals surface area (Å²) in [5.74, 6) is -0.459. The molecule has 0 aromatic carbocycles. The summed E-state index contributed by atoms with van der Waals surface area (Å²) in [6, 6.07) is 0.829. The second-order valence-electron chi connectivity index (χ2n) is 3.93. The molecule has 0 saturated carbocycles. The molecular formula is C12H24O4Si. The molecule has 0 saturated heterocycles. The first-order valence-corrected chi connectivity index (χ1v) is 8.68. The second-order valence-corrected chi connectivity index (χ2v) is 7.43. The smallest absolute Gasteiger partial charge is 0.337 e. The Morgan fingerprint density at radius 2 is 2.06 bits per heavy atom. The predicted molar refractivity (Wildman–Crippen MR) is 69.8 cm³/mol. The first-order valence-electron chi connectivity index (χ1n) is 6.16. The van der Waals surface area contributed by atoms with Gasteiger partial charge in [-0.1, -0.05) is 27.4 Å². The lowest BCUT2D eigenvalue weighted by atomic mass is 10.5. The van der Waals surface area contributed by atoms with Crippen LogP contribution in [-0.2, 0) is 18.4 Å². The minimum absolute atomic E-state index is 0.459. The number of hydrogen-bond donors (Lipinski definition) is 0. The largest absolute Gasteiger partial charge is 0.434 e. The van der Waals surface area contributed by atoms with E-state index >= 15 is 0 Å². The molecule has 2 atom stereocenters. The molecule has 0 aliphatic carbocycles. The van der Waals surface area contributed by atoms with Gasteiger partial charge >= 0.3 is 14.5 Å². The standard InChI is InChI=1S/C12H24O4Si/c1-6-10-14-17(5,9-4)16-12(8-3)15-11(13)7-2/h7,12H,2,6,8-10H2,1,3-5H3. The summed E-state index contributed by atoms with van der Waals surface area (Å²) in [7, 11) is -2.22. The summed E-state index contributed by atoms with van der Waals surface area (Å²) in [4.78, 5) is 11.1. The highest BCUT2D eigenvalue weighted by molar-refractivity contribution is 6.65. The number of carbonyl (C=O) groups is 1. The van der Waals surface area contributed by atoms with Gasteiger partial charge in [0.25, 0.3) is 0 Å². The molecule has 2 unspecified atom stereocenters. The highest BCUT2D eigenvalue weighted by Crippen LogP contribution is 2.18. The van der Waals surface area contributed by atoms with Crippen molar-refractivity contribution in [2.24, 2.45) is 0 Å². The van der Waals surface area contributed by atoms with Crippen LogP contribution < -0.4 is 0 Å². The van der Waals surface area contributed by atoms with Crippen LogP contribution in [0.3, 0.4) is 0 Å². The van der Waals surface area contributed by atoms with Gasteiger partial charge < -0.3 is 13.6 Å². The van der Waals surface area contributed by atoms with Gasteiger partial charge in [0.1, 0.15) is 0 Å². The minimum Gasteiger partial charge on any atom is -0.434 e. The van der Waals surface area contributed by atoms with Gasteiger partial charge in [0.15, 0.2) is 6.29 Å². The molecule has 0 spiro atoms. The molecule has 0 fully saturated rings. The zero-order chi connectivity index (χ0) is 13.3. The Balaban J connectivity index is 4.38. The van der Waals surface area contributed by atoms with E-state index in [1.807, 2.05) is 20.4 Å². The van der Waals surface area contributed by atoms with E-state index in [0.717, 1.165) is 18.5 Å². The van der Waals surface area contributed by atoms with Crippen molar-refractivity contribution < 1.29 is 18.4 Å². The quantitative estimate of drug-likeness (QED) is 0.277. The molecular weight excluding hydrogens is 236 g/mol. The summed E-state index contributed by atoms with van der Waals surface area (Å²) < 4.78 is 16.7. The van der Waals surface area contributed by atoms with Gasteiger partial charge in [-0.3, -0.25) is 0 Å². The Morgan fingerprint density at radius 1 is 1.41 bits per heavy atom. The maximum atomic E-state index is 11.1. The van der Waals surface area contributed by atoms with Crippen molar-refractivity contribution in [3.8, 4) is 0 Å². The number of esters is 1. The Labute approximate surface area is 105 Å². The van der Waals surface area contributed by atoms with Crippen molar-refractivity contribution >= 4 is 14.5 Å². The normalized spacial score (nSPS) is 16.0. The van der Waals surface area contributed by atoms with Crippen LogP contribution in [0.15, 0.2) is 12.7 Å². The molecule has 0 aliphatic heterocycles. The third-order valence-electron chi connectivity index (χ3n) is 2.38. The Kier molecular flexibility index (Phi) is 8.12. The third kappa shape index (κ3) is 6.60. The van der Waals surface area contributed by atoms with E-state index in [0.29, 0.717) is 13.0 Å². The third-order valence-corrected chi connectivity index (χ3v) is 5.24. The number of hydrogen-bond acceptors (Lipinski definition) is 4. The van der Waals surface area contributed by atoms with E-state index < -0.39 is 20.8 Å². The summed E-state index contributed by atoms with van der Waals surface area (Å²) in [5.41, 5.74) is 0. The summed E-state index contributed by atoms with van der Waals surface area (Å²) in [6.07, 6.45) is 2.17. The molecule has 0 bridgehead atoms. The predicted octanol–water partition coefficient (Wildman–Crippen LogP) is 2.99. The fourth-order valence-electron chi connectivity index (χ4n) is 1.18. The molecule has 0 N–H and O–H groups in total. The van der Waals surface area contributed by atoms with Crippen molar-refractivity contribution in [1.82, 2.24) is 0 Å². The maximum Gasteiger partial charge on any atom is 0.337 e. The minimum atomic E-state index is -2.22. The molecule has 0 rings (SSSR count). The van der Waals surface area contributed by atoms with E-state index in [1.54, 1.807) is 0 Å². The van der Waals surface area contributed by atoms with Crippen molar-refractivity contribution in [1.29, 1.82) is 0 Å². The first-order chi connectivity index (χ1) is 8.01. The zero-order valence-electron chi connectivity index (χ0n) is 11.3. The van der Waals surface area contributed by atoms with Gasteiger partial charge in [-0.25, -0.2) is 4.79 Å². The van der Waals surface area contributed by atoms with Crippen molar-refractivity contribution in [3.05, 3.63) is 12.7 Å². The molecule has 5 heteroatoms. The number of ether oxygens (including phenoxy) is 1. The average molecular weight is 260 g/mol. The zero-order valence-corrected chi connectivity index (χ0v) is 12.3. The molecule has 100 valence electrons. The van der Waals surface area contributed by atoms with Gasteiger partial charge in [-0.2, -0.15) is 0 Å².